The lowest BCUT2D eigenvalue weighted by Crippen LogP contribution is -2.42. The first-order chi connectivity index (χ1) is 10.5. The van der Waals surface area contributed by atoms with Crippen LogP contribution in [0.5, 0.6) is 5.75 Å². The number of hydrogen-bond donors (Lipinski definition) is 0. The first-order valence-corrected chi connectivity index (χ1v) is 8.44. The molecule has 0 heterocycles. The molecule has 0 spiro atoms. The Kier molecular flexibility index (Phi) is 3.11. The number of carbonyl (C=O) groups excluding carboxylic acids is 1. The van der Waals surface area contributed by atoms with Gasteiger partial charge in [-0.2, -0.15) is 0 Å². The monoisotopic (exact) mass is 302 g/mol. The second-order valence-corrected chi connectivity index (χ2v) is 7.52. The summed E-state index contributed by atoms with van der Waals surface area (Å²) in [6.45, 7) is 2.18. The van der Waals surface area contributed by atoms with Gasteiger partial charge < -0.3 is 4.74 Å². The Morgan fingerprint density at radius 3 is 2.82 bits per heavy atom. The first-order valence-electron chi connectivity index (χ1n) is 8.44. The van der Waals surface area contributed by atoms with Crippen molar-refractivity contribution in [3.63, 3.8) is 0 Å². The summed E-state index contributed by atoms with van der Waals surface area (Å²) >= 11 is 0. The van der Waals surface area contributed by atoms with Crippen molar-refractivity contribution in [2.75, 3.05) is 7.11 Å². The standard InChI is InChI=1S/C19H23FO2/c1-19-8-7-12-13(15(19)5-6-18(19)21)4-3-11-9-16(20)17(22-2)10-14(11)12/h9-10,12-13,15H,3-8H2,1-2H3/t12?,13?,15?,19-/m0/s1. The number of benzene rings is 1. The molecule has 4 rings (SSSR count). The van der Waals surface area contributed by atoms with E-state index in [9.17, 15) is 9.18 Å². The van der Waals surface area contributed by atoms with E-state index in [2.05, 4.69) is 6.92 Å². The van der Waals surface area contributed by atoms with Crippen LogP contribution < -0.4 is 4.74 Å². The van der Waals surface area contributed by atoms with Gasteiger partial charge in [0.1, 0.15) is 5.78 Å². The third-order valence-electron chi connectivity index (χ3n) is 6.71. The van der Waals surface area contributed by atoms with Crippen LogP contribution in [0.2, 0.25) is 0 Å². The maximum Gasteiger partial charge on any atom is 0.165 e. The van der Waals surface area contributed by atoms with E-state index < -0.39 is 0 Å². The largest absolute Gasteiger partial charge is 0.494 e. The van der Waals surface area contributed by atoms with Crippen molar-refractivity contribution in [1.82, 2.24) is 0 Å². The van der Waals surface area contributed by atoms with E-state index in [1.807, 2.05) is 6.07 Å². The van der Waals surface area contributed by atoms with Gasteiger partial charge in [0.05, 0.1) is 7.11 Å². The average Bonchev–Trinajstić information content (AvgIpc) is 2.82. The van der Waals surface area contributed by atoms with E-state index in [4.69, 9.17) is 4.74 Å². The van der Waals surface area contributed by atoms with Crippen LogP contribution in [0.15, 0.2) is 12.1 Å². The number of aryl methyl sites for hydroxylation is 1. The van der Waals surface area contributed by atoms with Crippen molar-refractivity contribution in [2.45, 2.75) is 51.4 Å². The van der Waals surface area contributed by atoms with E-state index in [0.717, 1.165) is 44.1 Å². The summed E-state index contributed by atoms with van der Waals surface area (Å²) < 4.78 is 19.1. The molecule has 0 aliphatic heterocycles. The molecule has 0 amide bonds. The zero-order chi connectivity index (χ0) is 15.5. The fourth-order valence-electron chi connectivity index (χ4n) is 5.50. The van der Waals surface area contributed by atoms with E-state index in [1.54, 1.807) is 6.07 Å². The van der Waals surface area contributed by atoms with Crippen LogP contribution in [0.3, 0.4) is 0 Å². The zero-order valence-corrected chi connectivity index (χ0v) is 13.3. The van der Waals surface area contributed by atoms with Gasteiger partial charge in [-0.15, -0.1) is 0 Å². The van der Waals surface area contributed by atoms with Gasteiger partial charge in [-0.25, -0.2) is 4.39 Å². The van der Waals surface area contributed by atoms with Crippen LogP contribution in [-0.2, 0) is 11.2 Å². The van der Waals surface area contributed by atoms with E-state index >= 15 is 0 Å². The fraction of sp³-hybridized carbons (Fsp3) is 0.632. The van der Waals surface area contributed by atoms with Gasteiger partial charge in [0.15, 0.2) is 11.6 Å². The summed E-state index contributed by atoms with van der Waals surface area (Å²) in [4.78, 5) is 12.3. The highest BCUT2D eigenvalue weighted by Crippen LogP contribution is 2.59. The Balaban J connectivity index is 1.74. The molecular formula is C19H23FO2. The summed E-state index contributed by atoms with van der Waals surface area (Å²) in [5.41, 5.74) is 2.33. The molecule has 3 unspecified atom stereocenters. The number of ketones is 1. The molecular weight excluding hydrogens is 279 g/mol. The number of rotatable bonds is 1. The molecule has 2 saturated carbocycles. The van der Waals surface area contributed by atoms with Crippen LogP contribution in [0.4, 0.5) is 4.39 Å². The van der Waals surface area contributed by atoms with Gasteiger partial charge in [-0.3, -0.25) is 4.79 Å². The van der Waals surface area contributed by atoms with E-state index in [1.165, 1.54) is 12.7 Å². The highest BCUT2D eigenvalue weighted by atomic mass is 19.1. The second kappa shape index (κ2) is 4.81. The molecule has 0 saturated heterocycles. The Bertz CT molecular complexity index is 639. The zero-order valence-electron chi connectivity index (χ0n) is 13.3. The van der Waals surface area contributed by atoms with Gasteiger partial charge in [0, 0.05) is 11.8 Å². The molecule has 2 nitrogen and oxygen atoms in total. The summed E-state index contributed by atoms with van der Waals surface area (Å²) in [6.07, 6.45) is 5.85. The number of methoxy groups -OCH3 is 1. The molecule has 2 fully saturated rings. The highest BCUT2D eigenvalue weighted by molar-refractivity contribution is 5.87. The van der Waals surface area contributed by atoms with Crippen molar-refractivity contribution < 1.29 is 13.9 Å². The van der Waals surface area contributed by atoms with Crippen molar-refractivity contribution in [3.8, 4) is 5.75 Å². The topological polar surface area (TPSA) is 26.3 Å². The minimum atomic E-state index is -0.253. The maximum absolute atomic E-state index is 14.0. The minimum Gasteiger partial charge on any atom is -0.494 e. The average molecular weight is 302 g/mol. The Morgan fingerprint density at radius 1 is 1.23 bits per heavy atom. The van der Waals surface area contributed by atoms with Crippen molar-refractivity contribution >= 4 is 5.78 Å². The van der Waals surface area contributed by atoms with Crippen LogP contribution in [-0.4, -0.2) is 12.9 Å². The molecule has 3 aliphatic carbocycles. The van der Waals surface area contributed by atoms with Crippen molar-refractivity contribution in [2.24, 2.45) is 17.3 Å². The molecule has 118 valence electrons. The maximum atomic E-state index is 14.0. The number of hydrogen-bond acceptors (Lipinski definition) is 2. The Morgan fingerprint density at radius 2 is 2.05 bits per heavy atom. The van der Waals surface area contributed by atoms with Crippen LogP contribution >= 0.6 is 0 Å². The van der Waals surface area contributed by atoms with Gasteiger partial charge in [0.25, 0.3) is 0 Å². The Labute approximate surface area is 131 Å². The quantitative estimate of drug-likeness (QED) is 0.775. The predicted octanol–water partition coefficient (Wildman–Crippen LogP) is 4.26. The first kappa shape index (κ1) is 14.2. The van der Waals surface area contributed by atoms with E-state index in [0.29, 0.717) is 29.3 Å². The summed E-state index contributed by atoms with van der Waals surface area (Å²) in [6, 6.07) is 3.58. The minimum absolute atomic E-state index is 0.0945. The Hall–Kier alpha value is -1.38. The van der Waals surface area contributed by atoms with Crippen LogP contribution in [0.25, 0.3) is 0 Å². The molecule has 22 heavy (non-hydrogen) atoms. The highest BCUT2D eigenvalue weighted by Gasteiger charge is 2.54. The molecule has 3 aliphatic rings. The molecule has 0 radical (unpaired) electrons. The summed E-state index contributed by atoms with van der Waals surface area (Å²) in [5, 5.41) is 0. The number of ether oxygens (including phenoxy) is 1. The summed E-state index contributed by atoms with van der Waals surface area (Å²) in [7, 11) is 1.53. The summed E-state index contributed by atoms with van der Waals surface area (Å²) in [5.74, 6) is 2.14. The molecule has 0 bridgehead atoms. The lowest BCUT2D eigenvalue weighted by atomic mass is 9.55. The van der Waals surface area contributed by atoms with Gasteiger partial charge in [-0.05, 0) is 73.1 Å². The van der Waals surface area contributed by atoms with E-state index in [-0.39, 0.29) is 11.2 Å². The molecule has 0 N–H and O–H groups in total. The van der Waals surface area contributed by atoms with Crippen molar-refractivity contribution in [3.05, 3.63) is 29.1 Å². The van der Waals surface area contributed by atoms with Crippen molar-refractivity contribution in [1.29, 1.82) is 0 Å². The molecule has 1 aromatic rings. The molecule has 0 aromatic heterocycles. The number of fused-ring (bicyclic) bond motifs is 5. The lowest BCUT2D eigenvalue weighted by molar-refractivity contribution is -0.129. The molecule has 4 atom stereocenters. The normalized spacial score (nSPS) is 36.5. The predicted molar refractivity (Wildman–Crippen MR) is 82.6 cm³/mol. The number of carbonyl (C=O) groups is 1. The number of Topliss-reactive ketones (excluding diaryl/α,β-unsaturated/α-hetero) is 1. The molecule has 1 aromatic carbocycles. The van der Waals surface area contributed by atoms with Crippen LogP contribution in [0.1, 0.15) is 56.1 Å². The third-order valence-corrected chi connectivity index (χ3v) is 6.71. The van der Waals surface area contributed by atoms with Crippen LogP contribution in [0, 0.1) is 23.1 Å². The van der Waals surface area contributed by atoms with Gasteiger partial charge in [0.2, 0.25) is 0 Å². The third kappa shape index (κ3) is 1.80. The number of halogens is 1. The van der Waals surface area contributed by atoms with Gasteiger partial charge >= 0.3 is 0 Å². The van der Waals surface area contributed by atoms with Gasteiger partial charge in [-0.1, -0.05) is 6.92 Å². The second-order valence-electron chi connectivity index (χ2n) is 7.52. The smallest absolute Gasteiger partial charge is 0.165 e. The SMILES string of the molecule is COc1cc2c(cc1F)CCC1C2CC[C@]2(C)C(=O)CCC12. The fourth-order valence-corrected chi connectivity index (χ4v) is 5.50. The lowest BCUT2D eigenvalue weighted by Gasteiger charge is -2.48. The molecule has 3 heteroatoms.